The molecule has 0 aliphatic rings. The van der Waals surface area contributed by atoms with Gasteiger partial charge in [-0.05, 0) is 24.5 Å². The van der Waals surface area contributed by atoms with E-state index in [0.717, 1.165) is 10.7 Å². The third-order valence-electron chi connectivity index (χ3n) is 2.91. The lowest BCUT2D eigenvalue weighted by atomic mass is 10.2. The molecule has 2 amide bonds. The topological polar surface area (TPSA) is 105 Å². The van der Waals surface area contributed by atoms with Gasteiger partial charge in [0, 0.05) is 10.8 Å². The van der Waals surface area contributed by atoms with Gasteiger partial charge in [0.05, 0.1) is 24.7 Å². The summed E-state index contributed by atoms with van der Waals surface area (Å²) in [5, 5.41) is 9.21. The van der Waals surface area contributed by atoms with E-state index in [0.29, 0.717) is 23.1 Å². The van der Waals surface area contributed by atoms with Crippen molar-refractivity contribution in [3.8, 4) is 11.8 Å². The standard InChI is InChI=1S/C15H14ClN5O2S/c1-24-5-4-23-13-3-2-10(16)6-12(13)21(15(18)22)14-9-19-11(7-17)8-20-14/h2-3,6,8-9H,4-5H2,1H3,(H2,18,22). The Hall–Kier alpha value is -2.50. The molecule has 24 heavy (non-hydrogen) atoms. The minimum atomic E-state index is -0.772. The van der Waals surface area contributed by atoms with Crippen LogP contribution in [-0.4, -0.2) is 34.6 Å². The summed E-state index contributed by atoms with van der Waals surface area (Å²) in [5.41, 5.74) is 5.98. The molecule has 0 aliphatic carbocycles. The molecule has 0 unspecified atom stereocenters. The van der Waals surface area contributed by atoms with E-state index in [1.807, 2.05) is 12.3 Å². The van der Waals surface area contributed by atoms with Gasteiger partial charge in [-0.1, -0.05) is 11.6 Å². The van der Waals surface area contributed by atoms with Gasteiger partial charge in [0.15, 0.2) is 11.5 Å². The Morgan fingerprint density at radius 2 is 2.25 bits per heavy atom. The number of hydrogen-bond acceptors (Lipinski definition) is 6. The maximum atomic E-state index is 12.0. The Kier molecular flexibility index (Phi) is 6.23. The molecule has 0 bridgehead atoms. The second-order valence-corrected chi connectivity index (χ2v) is 5.92. The minimum Gasteiger partial charge on any atom is -0.491 e. The highest BCUT2D eigenvalue weighted by molar-refractivity contribution is 7.98. The van der Waals surface area contributed by atoms with Crippen molar-refractivity contribution in [2.24, 2.45) is 5.73 Å². The fourth-order valence-electron chi connectivity index (χ4n) is 1.87. The maximum absolute atomic E-state index is 12.0. The second-order valence-electron chi connectivity index (χ2n) is 4.50. The average Bonchev–Trinajstić information content (AvgIpc) is 2.57. The number of carbonyl (C=O) groups is 1. The van der Waals surface area contributed by atoms with Gasteiger partial charge in [0.2, 0.25) is 0 Å². The van der Waals surface area contributed by atoms with Crippen molar-refractivity contribution in [3.63, 3.8) is 0 Å². The molecule has 9 heteroatoms. The van der Waals surface area contributed by atoms with E-state index in [4.69, 9.17) is 27.3 Å². The maximum Gasteiger partial charge on any atom is 0.325 e. The van der Waals surface area contributed by atoms with Gasteiger partial charge in [0.25, 0.3) is 0 Å². The molecule has 1 heterocycles. The monoisotopic (exact) mass is 363 g/mol. The lowest BCUT2D eigenvalue weighted by Crippen LogP contribution is -2.32. The predicted octanol–water partition coefficient (Wildman–Crippen LogP) is 2.96. The molecule has 7 nitrogen and oxygen atoms in total. The number of ether oxygens (including phenoxy) is 1. The number of primary amides is 1. The number of urea groups is 1. The molecule has 1 aromatic carbocycles. The van der Waals surface area contributed by atoms with Crippen molar-refractivity contribution in [2.75, 3.05) is 23.5 Å². The molecule has 2 N–H and O–H groups in total. The smallest absolute Gasteiger partial charge is 0.325 e. The van der Waals surface area contributed by atoms with E-state index in [2.05, 4.69) is 9.97 Å². The number of carbonyl (C=O) groups excluding carboxylic acids is 1. The molecule has 0 saturated heterocycles. The van der Waals surface area contributed by atoms with Crippen LogP contribution in [0, 0.1) is 11.3 Å². The number of hydrogen-bond donors (Lipinski definition) is 1. The molecule has 0 atom stereocenters. The predicted molar refractivity (Wildman–Crippen MR) is 93.8 cm³/mol. The minimum absolute atomic E-state index is 0.130. The zero-order chi connectivity index (χ0) is 17.5. The highest BCUT2D eigenvalue weighted by atomic mass is 35.5. The number of nitriles is 1. The van der Waals surface area contributed by atoms with Crippen LogP contribution in [0.1, 0.15) is 5.69 Å². The summed E-state index contributed by atoms with van der Waals surface area (Å²) in [6.45, 7) is 0.460. The van der Waals surface area contributed by atoms with E-state index in [9.17, 15) is 4.79 Å². The summed E-state index contributed by atoms with van der Waals surface area (Å²) in [6.07, 6.45) is 4.51. The van der Waals surface area contributed by atoms with Gasteiger partial charge in [0.1, 0.15) is 11.8 Å². The van der Waals surface area contributed by atoms with Crippen LogP contribution in [0.5, 0.6) is 5.75 Å². The summed E-state index contributed by atoms with van der Waals surface area (Å²) in [7, 11) is 0. The summed E-state index contributed by atoms with van der Waals surface area (Å²) in [4.78, 5) is 21.0. The van der Waals surface area contributed by atoms with Crippen LogP contribution in [0.15, 0.2) is 30.6 Å². The number of anilines is 2. The first-order valence-electron chi connectivity index (χ1n) is 6.79. The number of rotatable bonds is 6. The van der Waals surface area contributed by atoms with E-state index in [1.54, 1.807) is 30.0 Å². The van der Waals surface area contributed by atoms with Gasteiger partial charge >= 0.3 is 6.03 Å². The number of benzene rings is 1. The van der Waals surface area contributed by atoms with Gasteiger partial charge < -0.3 is 10.5 Å². The zero-order valence-corrected chi connectivity index (χ0v) is 14.3. The number of thioether (sulfide) groups is 1. The number of aromatic nitrogens is 2. The average molecular weight is 364 g/mol. The van der Waals surface area contributed by atoms with E-state index in [-0.39, 0.29) is 11.5 Å². The van der Waals surface area contributed by atoms with Gasteiger partial charge in [-0.2, -0.15) is 17.0 Å². The molecule has 2 aromatic rings. The molecule has 1 aromatic heterocycles. The summed E-state index contributed by atoms with van der Waals surface area (Å²) >= 11 is 7.68. The molecular formula is C15H14ClN5O2S. The molecule has 0 aliphatic heterocycles. The number of nitrogens with zero attached hydrogens (tertiary/aromatic N) is 4. The summed E-state index contributed by atoms with van der Waals surface area (Å²) in [6, 6.07) is 5.96. The Balaban J connectivity index is 2.44. The van der Waals surface area contributed by atoms with E-state index >= 15 is 0 Å². The molecule has 124 valence electrons. The third kappa shape index (κ3) is 4.28. The Labute approximate surface area is 148 Å². The number of nitrogens with two attached hydrogens (primary N) is 1. The Bertz CT molecular complexity index is 763. The normalized spacial score (nSPS) is 10.0. The zero-order valence-electron chi connectivity index (χ0n) is 12.8. The molecule has 0 radical (unpaired) electrons. The van der Waals surface area contributed by atoms with Crippen LogP contribution in [0.3, 0.4) is 0 Å². The van der Waals surface area contributed by atoms with Gasteiger partial charge in [-0.25, -0.2) is 19.7 Å². The largest absolute Gasteiger partial charge is 0.491 e. The van der Waals surface area contributed by atoms with E-state index in [1.165, 1.54) is 12.4 Å². The van der Waals surface area contributed by atoms with Crippen molar-refractivity contribution in [1.82, 2.24) is 9.97 Å². The third-order valence-corrected chi connectivity index (χ3v) is 3.72. The van der Waals surface area contributed by atoms with Crippen LogP contribution in [0.4, 0.5) is 16.3 Å². The summed E-state index contributed by atoms with van der Waals surface area (Å²) < 4.78 is 5.70. The van der Waals surface area contributed by atoms with Gasteiger partial charge in [-0.15, -0.1) is 0 Å². The van der Waals surface area contributed by atoms with Crippen LogP contribution >= 0.6 is 23.4 Å². The lowest BCUT2D eigenvalue weighted by molar-refractivity contribution is 0.255. The fraction of sp³-hybridized carbons (Fsp3) is 0.200. The Morgan fingerprint density at radius 3 is 2.83 bits per heavy atom. The quantitative estimate of drug-likeness (QED) is 0.791. The lowest BCUT2D eigenvalue weighted by Gasteiger charge is -2.22. The molecular weight excluding hydrogens is 350 g/mol. The Morgan fingerprint density at radius 1 is 1.46 bits per heavy atom. The van der Waals surface area contributed by atoms with Crippen molar-refractivity contribution >= 4 is 40.9 Å². The molecule has 2 rings (SSSR count). The molecule has 0 fully saturated rings. The van der Waals surface area contributed by atoms with E-state index < -0.39 is 6.03 Å². The number of halogens is 1. The van der Waals surface area contributed by atoms with Crippen LogP contribution < -0.4 is 15.4 Å². The first-order chi connectivity index (χ1) is 11.6. The second kappa shape index (κ2) is 8.38. The van der Waals surface area contributed by atoms with Crippen LogP contribution in [0.2, 0.25) is 5.02 Å². The highest BCUT2D eigenvalue weighted by Gasteiger charge is 2.21. The first kappa shape index (κ1) is 17.8. The van der Waals surface area contributed by atoms with Crippen molar-refractivity contribution in [2.45, 2.75) is 0 Å². The molecule has 0 saturated carbocycles. The van der Waals surface area contributed by atoms with Crippen LogP contribution in [-0.2, 0) is 0 Å². The number of amides is 2. The fourth-order valence-corrected chi connectivity index (χ4v) is 2.29. The van der Waals surface area contributed by atoms with Crippen molar-refractivity contribution in [1.29, 1.82) is 5.26 Å². The highest BCUT2D eigenvalue weighted by Crippen LogP contribution is 2.35. The molecule has 0 spiro atoms. The SMILES string of the molecule is CSCCOc1ccc(Cl)cc1N(C(N)=O)c1cnc(C#N)cn1. The van der Waals surface area contributed by atoms with Crippen molar-refractivity contribution < 1.29 is 9.53 Å². The first-order valence-corrected chi connectivity index (χ1v) is 8.57. The summed E-state index contributed by atoms with van der Waals surface area (Å²) in [5.74, 6) is 1.40. The van der Waals surface area contributed by atoms with Gasteiger partial charge in [-0.3, -0.25) is 0 Å². The van der Waals surface area contributed by atoms with Crippen LogP contribution in [0.25, 0.3) is 0 Å². The van der Waals surface area contributed by atoms with Crippen molar-refractivity contribution in [3.05, 3.63) is 41.3 Å².